The van der Waals surface area contributed by atoms with Crippen molar-refractivity contribution in [2.45, 2.75) is 38.5 Å². The van der Waals surface area contributed by atoms with Crippen molar-refractivity contribution in [1.82, 2.24) is 10.3 Å². The van der Waals surface area contributed by atoms with Gasteiger partial charge in [0, 0.05) is 29.9 Å². The third-order valence-corrected chi connectivity index (χ3v) is 3.79. The molecule has 1 rings (SSSR count). The van der Waals surface area contributed by atoms with Crippen LogP contribution in [0.4, 0.5) is 5.69 Å². The van der Waals surface area contributed by atoms with E-state index < -0.39 is 0 Å². The van der Waals surface area contributed by atoms with Gasteiger partial charge in [-0.3, -0.25) is 4.98 Å². The van der Waals surface area contributed by atoms with E-state index >= 15 is 0 Å². The molecule has 96 valence electrons. The summed E-state index contributed by atoms with van der Waals surface area (Å²) in [4.78, 5) is 4.14. The van der Waals surface area contributed by atoms with Crippen molar-refractivity contribution in [1.29, 1.82) is 0 Å². The number of nitrogens with two attached hydrogens (primary N) is 1. The molecule has 0 aliphatic heterocycles. The summed E-state index contributed by atoms with van der Waals surface area (Å²) in [5.74, 6) is 1.11. The molecule has 0 aromatic carbocycles. The van der Waals surface area contributed by atoms with Crippen molar-refractivity contribution in [2.24, 2.45) is 0 Å². The highest BCUT2D eigenvalue weighted by molar-refractivity contribution is 7.99. The topological polar surface area (TPSA) is 50.9 Å². The molecule has 3 nitrogen and oxygen atoms in total. The summed E-state index contributed by atoms with van der Waals surface area (Å²) in [6.45, 7) is 7.58. The summed E-state index contributed by atoms with van der Waals surface area (Å²) in [6, 6.07) is 2.34. The molecule has 1 atom stereocenters. The summed E-state index contributed by atoms with van der Waals surface area (Å²) < 4.78 is 0. The van der Waals surface area contributed by atoms with Gasteiger partial charge in [0.15, 0.2) is 0 Å². The molecule has 0 amide bonds. The van der Waals surface area contributed by atoms with Crippen LogP contribution in [0.5, 0.6) is 0 Å². The summed E-state index contributed by atoms with van der Waals surface area (Å²) >= 11 is 1.98. The van der Waals surface area contributed by atoms with Gasteiger partial charge in [-0.05, 0) is 29.8 Å². The van der Waals surface area contributed by atoms with Gasteiger partial charge in [0.05, 0.1) is 0 Å². The second-order valence-electron chi connectivity index (χ2n) is 4.42. The summed E-state index contributed by atoms with van der Waals surface area (Å²) in [5, 5.41) is 4.18. The van der Waals surface area contributed by atoms with E-state index in [-0.39, 0.29) is 0 Å². The van der Waals surface area contributed by atoms with Crippen molar-refractivity contribution in [3.63, 3.8) is 0 Å². The number of pyridine rings is 1. The molecule has 0 bridgehead atoms. The molecule has 0 saturated heterocycles. The molecule has 0 radical (unpaired) electrons. The SMILES string of the molecule is CCNC(CSC(C)C)Cc1cnccc1N. The van der Waals surface area contributed by atoms with Gasteiger partial charge in [0.2, 0.25) is 0 Å². The minimum Gasteiger partial charge on any atom is -0.398 e. The van der Waals surface area contributed by atoms with E-state index in [0.717, 1.165) is 30.0 Å². The number of nitrogens with one attached hydrogen (secondary N) is 1. The third-order valence-electron chi connectivity index (χ3n) is 2.53. The van der Waals surface area contributed by atoms with E-state index in [0.29, 0.717) is 11.3 Å². The highest BCUT2D eigenvalue weighted by atomic mass is 32.2. The molecule has 4 heteroatoms. The fourth-order valence-electron chi connectivity index (χ4n) is 1.66. The fourth-order valence-corrected chi connectivity index (χ4v) is 2.51. The maximum atomic E-state index is 5.95. The zero-order chi connectivity index (χ0) is 12.7. The molecule has 0 aliphatic carbocycles. The minimum absolute atomic E-state index is 0.471. The normalized spacial score (nSPS) is 12.9. The first kappa shape index (κ1) is 14.3. The highest BCUT2D eigenvalue weighted by Gasteiger charge is 2.11. The van der Waals surface area contributed by atoms with Crippen LogP contribution in [0, 0.1) is 0 Å². The lowest BCUT2D eigenvalue weighted by atomic mass is 10.1. The Labute approximate surface area is 109 Å². The number of nitrogen functional groups attached to an aromatic ring is 1. The number of aromatic nitrogens is 1. The van der Waals surface area contributed by atoms with Crippen molar-refractivity contribution in [3.8, 4) is 0 Å². The second-order valence-corrected chi connectivity index (χ2v) is 6.02. The first-order chi connectivity index (χ1) is 8.13. The van der Waals surface area contributed by atoms with Gasteiger partial charge in [-0.15, -0.1) is 0 Å². The molecule has 17 heavy (non-hydrogen) atoms. The number of hydrogen-bond donors (Lipinski definition) is 2. The van der Waals surface area contributed by atoms with E-state index in [9.17, 15) is 0 Å². The van der Waals surface area contributed by atoms with E-state index in [1.165, 1.54) is 0 Å². The lowest BCUT2D eigenvalue weighted by Gasteiger charge is -2.19. The monoisotopic (exact) mass is 253 g/mol. The Kier molecular flexibility index (Phi) is 6.37. The average Bonchev–Trinajstić information content (AvgIpc) is 2.29. The van der Waals surface area contributed by atoms with Crippen LogP contribution in [-0.4, -0.2) is 28.6 Å². The third kappa shape index (κ3) is 5.41. The maximum Gasteiger partial charge on any atom is 0.0378 e. The molecule has 3 N–H and O–H groups in total. The van der Waals surface area contributed by atoms with Crippen LogP contribution in [0.3, 0.4) is 0 Å². The Morgan fingerprint density at radius 3 is 2.82 bits per heavy atom. The van der Waals surface area contributed by atoms with E-state index in [2.05, 4.69) is 31.1 Å². The highest BCUT2D eigenvalue weighted by Crippen LogP contribution is 2.16. The smallest absolute Gasteiger partial charge is 0.0378 e. The number of anilines is 1. The van der Waals surface area contributed by atoms with Gasteiger partial charge in [-0.25, -0.2) is 0 Å². The van der Waals surface area contributed by atoms with Crippen LogP contribution in [-0.2, 0) is 6.42 Å². The summed E-state index contributed by atoms with van der Waals surface area (Å²) in [7, 11) is 0. The molecule has 1 unspecified atom stereocenters. The van der Waals surface area contributed by atoms with Crippen LogP contribution in [0.25, 0.3) is 0 Å². The maximum absolute atomic E-state index is 5.95. The quantitative estimate of drug-likeness (QED) is 0.783. The molecule has 0 spiro atoms. The number of hydrogen-bond acceptors (Lipinski definition) is 4. The second kappa shape index (κ2) is 7.56. The number of likely N-dealkylation sites (N-methyl/N-ethyl adjacent to an activating group) is 1. The van der Waals surface area contributed by atoms with Crippen LogP contribution in [0.1, 0.15) is 26.3 Å². The predicted molar refractivity (Wildman–Crippen MR) is 77.4 cm³/mol. The Balaban J connectivity index is 2.56. The van der Waals surface area contributed by atoms with E-state index in [4.69, 9.17) is 5.73 Å². The zero-order valence-corrected chi connectivity index (χ0v) is 11.8. The van der Waals surface area contributed by atoms with E-state index in [1.54, 1.807) is 6.20 Å². The van der Waals surface area contributed by atoms with E-state index in [1.807, 2.05) is 24.0 Å². The largest absolute Gasteiger partial charge is 0.398 e. The van der Waals surface area contributed by atoms with Crippen LogP contribution < -0.4 is 11.1 Å². The number of rotatable bonds is 7. The minimum atomic E-state index is 0.471. The summed E-state index contributed by atoms with van der Waals surface area (Å²) in [5.41, 5.74) is 7.93. The molecule has 1 heterocycles. The molecule has 1 aromatic heterocycles. The van der Waals surface area contributed by atoms with Gasteiger partial charge in [0.25, 0.3) is 0 Å². The Hall–Kier alpha value is -0.740. The molecular formula is C13H23N3S. The Morgan fingerprint density at radius 1 is 1.47 bits per heavy atom. The lowest BCUT2D eigenvalue weighted by Crippen LogP contribution is -2.34. The lowest BCUT2D eigenvalue weighted by molar-refractivity contribution is 0.572. The first-order valence-electron chi connectivity index (χ1n) is 6.16. The average molecular weight is 253 g/mol. The molecular weight excluding hydrogens is 230 g/mol. The molecule has 0 saturated carbocycles. The zero-order valence-electron chi connectivity index (χ0n) is 10.9. The van der Waals surface area contributed by atoms with Crippen molar-refractivity contribution in [3.05, 3.63) is 24.0 Å². The Morgan fingerprint density at radius 2 is 2.24 bits per heavy atom. The first-order valence-corrected chi connectivity index (χ1v) is 7.21. The van der Waals surface area contributed by atoms with Crippen LogP contribution >= 0.6 is 11.8 Å². The predicted octanol–water partition coefficient (Wildman–Crippen LogP) is 2.33. The molecule has 1 aromatic rings. The molecule has 0 fully saturated rings. The molecule has 0 aliphatic rings. The van der Waals surface area contributed by atoms with Crippen molar-refractivity contribution in [2.75, 3.05) is 18.0 Å². The van der Waals surface area contributed by atoms with Gasteiger partial charge in [0.1, 0.15) is 0 Å². The fraction of sp³-hybridized carbons (Fsp3) is 0.615. The van der Waals surface area contributed by atoms with Crippen LogP contribution in [0.2, 0.25) is 0 Å². The van der Waals surface area contributed by atoms with Crippen LogP contribution in [0.15, 0.2) is 18.5 Å². The van der Waals surface area contributed by atoms with Crippen molar-refractivity contribution >= 4 is 17.4 Å². The standard InChI is InChI=1S/C13H23N3S/c1-4-16-12(9-17-10(2)3)7-11-8-15-6-5-13(11)14/h5-6,8,10,12,16H,4,7,9H2,1-3H3,(H2,14,15). The van der Waals surface area contributed by atoms with Gasteiger partial charge in [-0.1, -0.05) is 20.8 Å². The number of thioether (sulfide) groups is 1. The Bertz CT molecular complexity index is 328. The summed E-state index contributed by atoms with van der Waals surface area (Å²) in [6.07, 6.45) is 4.57. The van der Waals surface area contributed by atoms with Gasteiger partial charge >= 0.3 is 0 Å². The number of nitrogens with zero attached hydrogens (tertiary/aromatic N) is 1. The van der Waals surface area contributed by atoms with Crippen molar-refractivity contribution < 1.29 is 0 Å². The van der Waals surface area contributed by atoms with Gasteiger partial charge < -0.3 is 11.1 Å². The van der Waals surface area contributed by atoms with Gasteiger partial charge in [-0.2, -0.15) is 11.8 Å².